The summed E-state index contributed by atoms with van der Waals surface area (Å²) in [5.41, 5.74) is 0.865. The highest BCUT2D eigenvalue weighted by Crippen LogP contribution is 2.32. The Morgan fingerprint density at radius 3 is 2.77 bits per heavy atom. The summed E-state index contributed by atoms with van der Waals surface area (Å²) in [7, 11) is 1.65. The molecule has 8 nitrogen and oxygen atoms in total. The van der Waals surface area contributed by atoms with E-state index in [0.29, 0.717) is 11.7 Å². The zero-order chi connectivity index (χ0) is 20.8. The average molecular weight is 428 g/mol. The number of thioether (sulfide) groups is 1. The number of nitrogens with zero attached hydrogens (tertiary/aromatic N) is 4. The van der Waals surface area contributed by atoms with Crippen LogP contribution in [0.4, 0.5) is 5.95 Å². The van der Waals surface area contributed by atoms with E-state index in [2.05, 4.69) is 20.4 Å². The zero-order valence-electron chi connectivity index (χ0n) is 16.9. The minimum absolute atomic E-state index is 0.0921. The van der Waals surface area contributed by atoms with Crippen LogP contribution in [0.2, 0.25) is 0 Å². The van der Waals surface area contributed by atoms with Gasteiger partial charge in [0.25, 0.3) is 0 Å². The lowest BCUT2D eigenvalue weighted by atomic mass is 10.1. The number of aromatic nitrogens is 3. The third kappa shape index (κ3) is 4.62. The van der Waals surface area contributed by atoms with E-state index in [1.165, 1.54) is 18.2 Å². The van der Waals surface area contributed by atoms with E-state index in [1.54, 1.807) is 19.4 Å². The average Bonchev–Trinajstić information content (AvgIpc) is 3.46. The Morgan fingerprint density at radius 2 is 2.00 bits per heavy atom. The number of nitrogens with one attached hydrogen (secondary N) is 1. The smallest absolute Gasteiger partial charge is 0.232 e. The summed E-state index contributed by atoms with van der Waals surface area (Å²) in [5.74, 6) is 2.38. The molecule has 1 aliphatic heterocycles. The van der Waals surface area contributed by atoms with Crippen molar-refractivity contribution in [3.63, 3.8) is 0 Å². The van der Waals surface area contributed by atoms with Gasteiger partial charge in [0.1, 0.15) is 11.5 Å². The molecule has 0 spiro atoms. The largest absolute Gasteiger partial charge is 0.495 e. The molecule has 1 N–H and O–H groups in total. The van der Waals surface area contributed by atoms with Crippen molar-refractivity contribution >= 4 is 23.6 Å². The molecule has 0 radical (unpaired) electrons. The zero-order valence-corrected chi connectivity index (χ0v) is 17.7. The lowest BCUT2D eigenvalue weighted by Gasteiger charge is -2.28. The van der Waals surface area contributed by atoms with E-state index in [1.807, 2.05) is 34.9 Å². The van der Waals surface area contributed by atoms with Crippen molar-refractivity contribution in [2.24, 2.45) is 0 Å². The van der Waals surface area contributed by atoms with E-state index in [9.17, 15) is 4.79 Å². The second kappa shape index (κ2) is 9.71. The van der Waals surface area contributed by atoms with Gasteiger partial charge >= 0.3 is 0 Å². The number of methoxy groups -OCH3 is 1. The topological polar surface area (TPSA) is 85.4 Å². The first kappa shape index (κ1) is 20.3. The molecule has 9 heteroatoms. The van der Waals surface area contributed by atoms with Gasteiger partial charge in [-0.15, -0.1) is 10.2 Å². The molecule has 0 saturated carbocycles. The number of hydrogen-bond acceptors (Lipinski definition) is 7. The summed E-state index contributed by atoms with van der Waals surface area (Å²) >= 11 is 1.36. The fourth-order valence-corrected chi connectivity index (χ4v) is 4.23. The van der Waals surface area contributed by atoms with E-state index >= 15 is 0 Å². The molecular weight excluding hydrogens is 402 g/mol. The number of amides is 1. The molecule has 1 saturated heterocycles. The maximum Gasteiger partial charge on any atom is 0.232 e. The first-order chi connectivity index (χ1) is 14.8. The van der Waals surface area contributed by atoms with Gasteiger partial charge in [0.2, 0.25) is 11.9 Å². The van der Waals surface area contributed by atoms with Crippen LogP contribution >= 0.6 is 11.8 Å². The molecule has 4 rings (SSSR count). The van der Waals surface area contributed by atoms with Crippen LogP contribution in [-0.2, 0) is 11.3 Å². The molecule has 1 aliphatic rings. The highest BCUT2D eigenvalue weighted by molar-refractivity contribution is 7.99. The molecule has 30 heavy (non-hydrogen) atoms. The minimum Gasteiger partial charge on any atom is -0.495 e. The summed E-state index contributed by atoms with van der Waals surface area (Å²) in [6.07, 6.45) is 5.09. The Labute approximate surface area is 179 Å². The van der Waals surface area contributed by atoms with Crippen molar-refractivity contribution in [3.05, 3.63) is 48.4 Å². The predicted octanol–water partition coefficient (Wildman–Crippen LogP) is 3.27. The first-order valence-electron chi connectivity index (χ1n) is 10.0. The third-order valence-corrected chi connectivity index (χ3v) is 5.88. The summed E-state index contributed by atoms with van der Waals surface area (Å²) < 4.78 is 12.8. The molecule has 0 aliphatic carbocycles. The quantitative estimate of drug-likeness (QED) is 0.552. The van der Waals surface area contributed by atoms with E-state index in [-0.39, 0.29) is 11.7 Å². The van der Waals surface area contributed by atoms with E-state index in [0.717, 1.165) is 49.1 Å². The Kier molecular flexibility index (Phi) is 6.58. The Bertz CT molecular complexity index is 967. The van der Waals surface area contributed by atoms with E-state index < -0.39 is 0 Å². The van der Waals surface area contributed by atoms with Crippen molar-refractivity contribution in [3.8, 4) is 11.4 Å². The molecule has 2 aromatic heterocycles. The van der Waals surface area contributed by atoms with Crippen molar-refractivity contribution in [1.82, 2.24) is 20.1 Å². The summed E-state index contributed by atoms with van der Waals surface area (Å²) in [5, 5.41) is 12.4. The summed E-state index contributed by atoms with van der Waals surface area (Å²) in [4.78, 5) is 14.6. The van der Waals surface area contributed by atoms with Gasteiger partial charge in [0.05, 0.1) is 31.4 Å². The van der Waals surface area contributed by atoms with Crippen LogP contribution < -0.4 is 15.0 Å². The second-order valence-corrected chi connectivity index (χ2v) is 7.92. The van der Waals surface area contributed by atoms with Gasteiger partial charge in [0, 0.05) is 13.1 Å². The van der Waals surface area contributed by atoms with Crippen LogP contribution in [0.25, 0.3) is 5.69 Å². The molecule has 158 valence electrons. The standard InChI is InChI=1S/C21H25N5O3S/c1-28-18-10-4-3-9-17(18)26-20(25-11-5-2-6-12-25)23-24-21(26)30-15-19(27)22-14-16-8-7-13-29-16/h3-4,7-10,13H,2,5-6,11-12,14-15H2,1H3,(H,22,27). The van der Waals surface area contributed by atoms with Crippen LogP contribution in [0.1, 0.15) is 25.0 Å². The van der Waals surface area contributed by atoms with Gasteiger partial charge in [-0.05, 0) is 43.5 Å². The molecular formula is C21H25N5O3S. The normalized spacial score (nSPS) is 14.0. The third-order valence-electron chi connectivity index (χ3n) is 4.95. The van der Waals surface area contributed by atoms with Gasteiger partial charge in [-0.2, -0.15) is 0 Å². The maximum atomic E-state index is 12.3. The minimum atomic E-state index is -0.0921. The van der Waals surface area contributed by atoms with Gasteiger partial charge < -0.3 is 19.4 Å². The van der Waals surface area contributed by atoms with Gasteiger partial charge in [-0.1, -0.05) is 23.9 Å². The highest BCUT2D eigenvalue weighted by Gasteiger charge is 2.23. The molecule has 3 heterocycles. The molecule has 3 aromatic rings. The number of anilines is 1. The van der Waals surface area contributed by atoms with Crippen molar-refractivity contribution in [1.29, 1.82) is 0 Å². The number of furan rings is 1. The fourth-order valence-electron chi connectivity index (χ4n) is 3.46. The predicted molar refractivity (Wildman–Crippen MR) is 115 cm³/mol. The van der Waals surface area contributed by atoms with Crippen molar-refractivity contribution < 1.29 is 13.9 Å². The SMILES string of the molecule is COc1ccccc1-n1c(SCC(=O)NCc2ccco2)nnc1N1CCCCC1. The van der Waals surface area contributed by atoms with Crippen LogP contribution in [-0.4, -0.2) is 46.6 Å². The molecule has 0 unspecified atom stereocenters. The lowest BCUT2D eigenvalue weighted by molar-refractivity contribution is -0.118. The van der Waals surface area contributed by atoms with Crippen LogP contribution in [0.3, 0.4) is 0 Å². The molecule has 1 amide bonds. The fraction of sp³-hybridized carbons (Fsp3) is 0.381. The Morgan fingerprint density at radius 1 is 1.17 bits per heavy atom. The summed E-state index contributed by atoms with van der Waals surface area (Å²) in [6.45, 7) is 2.26. The highest BCUT2D eigenvalue weighted by atomic mass is 32.2. The molecule has 1 fully saturated rings. The van der Waals surface area contributed by atoms with Crippen LogP contribution in [0, 0.1) is 0 Å². The molecule has 0 atom stereocenters. The van der Waals surface area contributed by atoms with Gasteiger partial charge in [-0.25, -0.2) is 0 Å². The number of benzene rings is 1. The van der Waals surface area contributed by atoms with Crippen molar-refractivity contribution in [2.45, 2.75) is 31.0 Å². The number of piperidine rings is 1. The molecule has 1 aromatic carbocycles. The Balaban J connectivity index is 1.54. The second-order valence-electron chi connectivity index (χ2n) is 6.98. The number of carbonyl (C=O) groups excluding carboxylic acids is 1. The number of rotatable bonds is 8. The Hall–Kier alpha value is -2.94. The monoisotopic (exact) mass is 427 g/mol. The van der Waals surface area contributed by atoms with Gasteiger partial charge in [0.15, 0.2) is 5.16 Å². The number of para-hydroxylation sites is 2. The van der Waals surface area contributed by atoms with Crippen LogP contribution in [0.15, 0.2) is 52.2 Å². The molecule has 0 bridgehead atoms. The number of carbonyl (C=O) groups is 1. The van der Waals surface area contributed by atoms with Crippen LogP contribution in [0.5, 0.6) is 5.75 Å². The van der Waals surface area contributed by atoms with Crippen molar-refractivity contribution in [2.75, 3.05) is 30.9 Å². The maximum absolute atomic E-state index is 12.3. The van der Waals surface area contributed by atoms with Gasteiger partial charge in [-0.3, -0.25) is 9.36 Å². The number of hydrogen-bond donors (Lipinski definition) is 1. The first-order valence-corrected chi connectivity index (χ1v) is 11.0. The summed E-state index contributed by atoms with van der Waals surface area (Å²) in [6, 6.07) is 11.4. The lowest BCUT2D eigenvalue weighted by Crippen LogP contribution is -2.31. The van der Waals surface area contributed by atoms with E-state index in [4.69, 9.17) is 9.15 Å². The number of ether oxygens (including phenoxy) is 1.